The second-order valence-electron chi connectivity index (χ2n) is 8.73. The van der Waals surface area contributed by atoms with E-state index >= 15 is 0 Å². The highest BCUT2D eigenvalue weighted by Crippen LogP contribution is 2.34. The molecule has 2 saturated heterocycles. The molecule has 4 rings (SSSR count). The van der Waals surface area contributed by atoms with Crippen molar-refractivity contribution >= 4 is 17.6 Å². The van der Waals surface area contributed by atoms with Crippen LogP contribution in [0.1, 0.15) is 50.1 Å². The topological polar surface area (TPSA) is 61.9 Å². The molecule has 2 aliphatic heterocycles. The third-order valence-electron chi connectivity index (χ3n) is 6.69. The second kappa shape index (κ2) is 10.5. The summed E-state index contributed by atoms with van der Waals surface area (Å²) in [5, 5.41) is 2.95. The van der Waals surface area contributed by atoms with Crippen LogP contribution in [-0.2, 0) is 4.79 Å². The molecule has 0 bridgehead atoms. The Balaban J connectivity index is 1.38. The maximum atomic E-state index is 13.6. The fraction of sp³-hybridized carbons (Fsp3) is 0.462. The van der Waals surface area contributed by atoms with Gasteiger partial charge in [0.25, 0.3) is 0 Å². The number of nitrogens with zero attached hydrogens (tertiary/aromatic N) is 2. The van der Waals surface area contributed by atoms with Crippen LogP contribution in [0.2, 0.25) is 0 Å². The summed E-state index contributed by atoms with van der Waals surface area (Å²) in [4.78, 5) is 30.1. The number of likely N-dealkylation sites (tertiary alicyclic amines) is 2. The van der Waals surface area contributed by atoms with Gasteiger partial charge in [-0.3, -0.25) is 4.79 Å². The third kappa shape index (κ3) is 5.23. The number of rotatable bonds is 4. The van der Waals surface area contributed by atoms with Gasteiger partial charge in [-0.15, -0.1) is 0 Å². The van der Waals surface area contributed by atoms with Crippen LogP contribution >= 0.6 is 0 Å². The molecule has 0 unspecified atom stereocenters. The maximum Gasteiger partial charge on any atom is 0.321 e. The summed E-state index contributed by atoms with van der Waals surface area (Å²) in [5.74, 6) is 1.06. The molecule has 2 aliphatic rings. The quantitative estimate of drug-likeness (QED) is 0.728. The molecule has 170 valence electrons. The van der Waals surface area contributed by atoms with Crippen LogP contribution in [0, 0.1) is 5.92 Å². The molecular formula is C26H33N3O3. The number of hydrogen-bond acceptors (Lipinski definition) is 3. The number of hydrogen-bond donors (Lipinski definition) is 1. The van der Waals surface area contributed by atoms with E-state index in [1.807, 2.05) is 47.4 Å². The van der Waals surface area contributed by atoms with E-state index in [0.29, 0.717) is 25.9 Å². The molecule has 32 heavy (non-hydrogen) atoms. The predicted molar refractivity (Wildman–Crippen MR) is 126 cm³/mol. The van der Waals surface area contributed by atoms with Gasteiger partial charge in [-0.2, -0.15) is 0 Å². The smallest absolute Gasteiger partial charge is 0.321 e. The molecule has 6 nitrogen and oxygen atoms in total. The van der Waals surface area contributed by atoms with Crippen molar-refractivity contribution in [3.8, 4) is 5.75 Å². The minimum absolute atomic E-state index is 0.0189. The molecule has 2 heterocycles. The Morgan fingerprint density at radius 2 is 1.59 bits per heavy atom. The number of anilines is 1. The van der Waals surface area contributed by atoms with E-state index in [1.165, 1.54) is 5.56 Å². The van der Waals surface area contributed by atoms with E-state index in [1.54, 1.807) is 7.11 Å². The van der Waals surface area contributed by atoms with Crippen molar-refractivity contribution in [2.24, 2.45) is 5.92 Å². The first kappa shape index (κ1) is 22.2. The number of ether oxygens (including phenoxy) is 1. The van der Waals surface area contributed by atoms with Crippen LogP contribution in [0.25, 0.3) is 0 Å². The van der Waals surface area contributed by atoms with Gasteiger partial charge in [0.05, 0.1) is 13.2 Å². The number of amides is 3. The van der Waals surface area contributed by atoms with E-state index < -0.39 is 0 Å². The largest absolute Gasteiger partial charge is 0.497 e. The van der Waals surface area contributed by atoms with Gasteiger partial charge in [0.2, 0.25) is 5.91 Å². The molecule has 6 heteroatoms. The van der Waals surface area contributed by atoms with Crippen molar-refractivity contribution in [1.82, 2.24) is 9.80 Å². The number of para-hydroxylation sites is 1. The zero-order chi connectivity index (χ0) is 22.3. The number of piperidine rings is 1. The van der Waals surface area contributed by atoms with Crippen molar-refractivity contribution in [3.05, 3.63) is 60.2 Å². The second-order valence-corrected chi connectivity index (χ2v) is 8.73. The van der Waals surface area contributed by atoms with Gasteiger partial charge < -0.3 is 19.9 Å². The van der Waals surface area contributed by atoms with Crippen molar-refractivity contribution in [2.45, 2.75) is 44.6 Å². The molecule has 2 aromatic rings. The Bertz CT molecular complexity index is 892. The molecular weight excluding hydrogens is 402 g/mol. The van der Waals surface area contributed by atoms with Crippen LogP contribution in [0.4, 0.5) is 10.5 Å². The van der Waals surface area contributed by atoms with Gasteiger partial charge >= 0.3 is 6.03 Å². The van der Waals surface area contributed by atoms with E-state index in [-0.39, 0.29) is 23.9 Å². The molecule has 0 saturated carbocycles. The van der Waals surface area contributed by atoms with Gasteiger partial charge in [-0.1, -0.05) is 43.2 Å². The highest BCUT2D eigenvalue weighted by Gasteiger charge is 2.34. The van der Waals surface area contributed by atoms with E-state index in [0.717, 1.165) is 43.7 Å². The van der Waals surface area contributed by atoms with Crippen LogP contribution < -0.4 is 10.1 Å². The molecule has 1 N–H and O–H groups in total. The first-order valence-corrected chi connectivity index (χ1v) is 11.7. The SMILES string of the molecule is COc1ccc([C@H]2CCCCCN2C(=O)C2CCN(C(=O)Nc3ccccc3)CC2)cc1. The lowest BCUT2D eigenvalue weighted by Gasteiger charge is -2.37. The minimum Gasteiger partial charge on any atom is -0.497 e. The lowest BCUT2D eigenvalue weighted by atomic mass is 9.93. The molecule has 1 atom stereocenters. The summed E-state index contributed by atoms with van der Waals surface area (Å²) in [6.45, 7) is 2.02. The van der Waals surface area contributed by atoms with Crippen molar-refractivity contribution in [3.63, 3.8) is 0 Å². The minimum atomic E-state index is -0.0898. The van der Waals surface area contributed by atoms with Gasteiger partial charge in [0.1, 0.15) is 5.75 Å². The van der Waals surface area contributed by atoms with Gasteiger partial charge in [-0.25, -0.2) is 4.79 Å². The third-order valence-corrected chi connectivity index (χ3v) is 6.69. The van der Waals surface area contributed by atoms with Crippen LogP contribution in [0.5, 0.6) is 5.75 Å². The fourth-order valence-electron chi connectivity index (χ4n) is 4.83. The number of urea groups is 1. The fourth-order valence-corrected chi connectivity index (χ4v) is 4.83. The number of carbonyl (C=O) groups is 2. The number of nitrogens with one attached hydrogen (secondary N) is 1. The number of methoxy groups -OCH3 is 1. The summed E-state index contributed by atoms with van der Waals surface area (Å²) in [5.41, 5.74) is 1.98. The monoisotopic (exact) mass is 435 g/mol. The number of benzene rings is 2. The van der Waals surface area contributed by atoms with Crippen LogP contribution in [0.3, 0.4) is 0 Å². The molecule has 0 radical (unpaired) electrons. The lowest BCUT2D eigenvalue weighted by molar-refractivity contribution is -0.139. The lowest BCUT2D eigenvalue weighted by Crippen LogP contribution is -2.46. The average molecular weight is 436 g/mol. The van der Waals surface area contributed by atoms with Gasteiger partial charge in [0, 0.05) is 31.2 Å². The Hall–Kier alpha value is -3.02. The summed E-state index contributed by atoms with van der Waals surface area (Å²) in [7, 11) is 1.67. The molecule has 2 aromatic carbocycles. The summed E-state index contributed by atoms with van der Waals surface area (Å²) in [6.07, 6.45) is 5.78. The first-order chi connectivity index (χ1) is 15.7. The Kier molecular flexibility index (Phi) is 7.30. The van der Waals surface area contributed by atoms with E-state index in [9.17, 15) is 9.59 Å². The molecule has 0 aliphatic carbocycles. The zero-order valence-electron chi connectivity index (χ0n) is 18.8. The van der Waals surface area contributed by atoms with E-state index in [4.69, 9.17) is 4.74 Å². The molecule has 0 aromatic heterocycles. The van der Waals surface area contributed by atoms with E-state index in [2.05, 4.69) is 22.3 Å². The van der Waals surface area contributed by atoms with Gasteiger partial charge in [-0.05, 0) is 55.5 Å². The average Bonchev–Trinajstić information content (AvgIpc) is 3.10. The zero-order valence-corrected chi connectivity index (χ0v) is 18.8. The standard InChI is InChI=1S/C26H33N3O3/c1-32-23-13-11-20(12-14-23)24-10-6-3-7-17-29(24)25(30)21-15-18-28(19-16-21)26(31)27-22-8-4-2-5-9-22/h2,4-5,8-9,11-14,21,24H,3,6-7,10,15-19H2,1H3,(H,27,31)/t24-/m1/s1. The summed E-state index contributed by atoms with van der Waals surface area (Å²) < 4.78 is 5.30. The van der Waals surface area contributed by atoms with Crippen molar-refractivity contribution in [2.75, 3.05) is 32.1 Å². The summed E-state index contributed by atoms with van der Waals surface area (Å²) >= 11 is 0. The number of carbonyl (C=O) groups excluding carboxylic acids is 2. The predicted octanol–water partition coefficient (Wildman–Crippen LogP) is 5.08. The van der Waals surface area contributed by atoms with Gasteiger partial charge in [0.15, 0.2) is 0 Å². The first-order valence-electron chi connectivity index (χ1n) is 11.7. The maximum absolute atomic E-state index is 13.6. The Labute approximate surface area is 190 Å². The van der Waals surface area contributed by atoms with Crippen LogP contribution in [0.15, 0.2) is 54.6 Å². The highest BCUT2D eigenvalue weighted by atomic mass is 16.5. The molecule has 0 spiro atoms. The van der Waals surface area contributed by atoms with Crippen molar-refractivity contribution < 1.29 is 14.3 Å². The Morgan fingerprint density at radius 3 is 2.28 bits per heavy atom. The normalized spacial score (nSPS) is 19.8. The van der Waals surface area contributed by atoms with Crippen molar-refractivity contribution in [1.29, 1.82) is 0 Å². The highest BCUT2D eigenvalue weighted by molar-refractivity contribution is 5.89. The van der Waals surface area contributed by atoms with Crippen LogP contribution in [-0.4, -0.2) is 48.5 Å². The molecule has 2 fully saturated rings. The Morgan fingerprint density at radius 1 is 0.875 bits per heavy atom. The summed E-state index contributed by atoms with van der Waals surface area (Å²) in [6, 6.07) is 17.7. The molecule has 3 amide bonds.